The predicted octanol–water partition coefficient (Wildman–Crippen LogP) is 13.8. The van der Waals surface area contributed by atoms with Crippen molar-refractivity contribution in [3.05, 3.63) is 247 Å². The van der Waals surface area contributed by atoms with E-state index in [2.05, 4.69) is 140 Å². The summed E-state index contributed by atoms with van der Waals surface area (Å²) in [6.45, 7) is 0. The second-order valence-corrected chi connectivity index (χ2v) is 15.0. The van der Waals surface area contributed by atoms with Gasteiger partial charge >= 0.3 is 41.2 Å². The molecule has 0 bridgehead atoms. The molecule has 0 spiro atoms. The van der Waals surface area contributed by atoms with Crippen LogP contribution in [0.25, 0.3) is 91.7 Å². The van der Waals surface area contributed by atoms with Gasteiger partial charge in [-0.15, -0.1) is 100 Å². The fourth-order valence-electron chi connectivity index (χ4n) is 7.37. The van der Waals surface area contributed by atoms with Crippen LogP contribution in [-0.4, -0.2) is 24.9 Å². The maximum atomic E-state index is 6.72. The molecule has 0 saturated heterocycles. The molecule has 0 radical (unpaired) electrons. The first kappa shape index (κ1) is 46.0. The smallest absolute Gasteiger partial charge is 0.515 e. The van der Waals surface area contributed by atoms with Gasteiger partial charge in [0.05, 0.1) is 0 Å². The molecule has 10 aromatic rings. The summed E-state index contributed by atoms with van der Waals surface area (Å²) >= 11 is 0. The van der Waals surface area contributed by atoms with Gasteiger partial charge in [0, 0.05) is 36.7 Å². The Hall–Kier alpha value is -7.53. The van der Waals surface area contributed by atoms with Crippen LogP contribution in [0.4, 0.5) is 0 Å². The summed E-state index contributed by atoms with van der Waals surface area (Å²) in [5.74, 6) is 1.50. The van der Waals surface area contributed by atoms with Crippen LogP contribution in [0.5, 0.6) is 11.5 Å². The molecule has 0 amide bonds. The van der Waals surface area contributed by atoms with Crippen LogP contribution in [0.15, 0.2) is 195 Å². The Bertz CT molecular complexity index is 3150. The minimum atomic E-state index is 0. The van der Waals surface area contributed by atoms with E-state index in [0.717, 1.165) is 78.3 Å². The Kier molecular flexibility index (Phi) is 15.2. The summed E-state index contributed by atoms with van der Waals surface area (Å²) in [7, 11) is 0. The van der Waals surface area contributed by atoms with Crippen LogP contribution in [0, 0.1) is 30.3 Å². The van der Waals surface area contributed by atoms with E-state index in [-0.39, 0.29) is 41.2 Å². The van der Waals surface area contributed by atoms with Gasteiger partial charge in [0.1, 0.15) is 0 Å². The number of pyridine rings is 3. The van der Waals surface area contributed by atoms with Crippen molar-refractivity contribution in [2.24, 2.45) is 0 Å². The quantitative estimate of drug-likeness (QED) is 0.0896. The number of ether oxygens (including phenoxy) is 1. The molecule has 0 atom stereocenters. The maximum absolute atomic E-state index is 6.72. The van der Waals surface area contributed by atoms with Crippen molar-refractivity contribution in [2.75, 3.05) is 0 Å². The Morgan fingerprint density at radius 3 is 1.49 bits per heavy atom. The largest absolute Gasteiger partial charge is 3.00 e. The Balaban J connectivity index is 0.00000304. The average molecular weight is 1220 g/mol. The van der Waals surface area contributed by atoms with Crippen molar-refractivity contribution in [1.29, 1.82) is 0 Å². The van der Waals surface area contributed by atoms with E-state index >= 15 is 0 Å². The molecule has 4 aromatic heterocycles. The van der Waals surface area contributed by atoms with Gasteiger partial charge in [0.25, 0.3) is 0 Å². The molecule has 0 aliphatic heterocycles. The molecule has 0 saturated carbocycles. The summed E-state index contributed by atoms with van der Waals surface area (Å²) in [6, 6.07) is 71.4. The van der Waals surface area contributed by atoms with Crippen LogP contribution in [0.3, 0.4) is 0 Å². The van der Waals surface area contributed by atoms with E-state index in [1.54, 1.807) is 37.1 Å². The van der Waals surface area contributed by atoms with Crippen LogP contribution in [-0.2, 0) is 41.2 Å². The van der Waals surface area contributed by atoms with E-state index < -0.39 is 0 Å². The van der Waals surface area contributed by atoms with Crippen molar-refractivity contribution >= 4 is 24.3 Å². The molecule has 10 rings (SSSR count). The number of nitrogens with zero attached hydrogens (tertiary/aromatic N) is 5. The van der Waals surface area contributed by atoms with E-state index in [0.29, 0.717) is 22.9 Å². The Morgan fingerprint density at radius 1 is 0.403 bits per heavy atom. The zero-order chi connectivity index (χ0) is 43.6. The van der Waals surface area contributed by atoms with Gasteiger partial charge in [-0.1, -0.05) is 96.6 Å². The number of rotatable bonds is 12. The van der Waals surface area contributed by atoms with Crippen molar-refractivity contribution < 1.29 is 45.9 Å². The van der Waals surface area contributed by atoms with Crippen molar-refractivity contribution in [3.63, 3.8) is 0 Å². The summed E-state index contributed by atoms with van der Waals surface area (Å²) in [4.78, 5) is 22.5. The topological polar surface area (TPSA) is 73.7 Å². The zero-order valence-electron chi connectivity index (χ0n) is 35.6. The fourth-order valence-corrected chi connectivity index (χ4v) is 7.37. The Labute approximate surface area is 418 Å². The van der Waals surface area contributed by atoms with Gasteiger partial charge in [0.15, 0.2) is 0 Å². The first-order valence-electron chi connectivity index (χ1n) is 21.0. The summed E-state index contributed by atoms with van der Waals surface area (Å²) < 4.78 is 6.72. The standard InChI is InChI=1S/C59H36N5O.Ir.Pt/c1-2-14-53(54-31-30-49(59-63-35-10-36-64-59)41-58(54)65-51-12-9-11-48(40-51)57-17-5-8-34-62-57)52(13-1)50-38-44(20-18-42-22-26-46(27-23-42)55-15-3-6-32-60-55)37-45(39-50)21-19-43-24-28-47(29-25-43)56-16-4-7-33-61-56;;/h1-26,28,31-39H;;/q-5;+3;+2/b20-18-,21-19-;;. The molecule has 6 aromatic carbocycles. The van der Waals surface area contributed by atoms with Crippen molar-refractivity contribution in [2.45, 2.75) is 0 Å². The SMILES string of the molecule is [Ir+3].[Pt+2].[c-]1cc(-c2ccccc2-c2cc(/C=C\c3c[c-]c(-c4ccccn4)cc3)cc(/C=C\c3c[c-]c(-c4ccccn4)cc3)c2)c(Oc2[c-]c(-c3ccccn3)ccc2)[c-]c1-c1ncccn1. The van der Waals surface area contributed by atoms with E-state index in [4.69, 9.17) is 4.74 Å². The molecule has 8 heteroatoms. The van der Waals surface area contributed by atoms with Crippen LogP contribution in [0.1, 0.15) is 22.3 Å². The third-order valence-corrected chi connectivity index (χ3v) is 10.6. The second kappa shape index (κ2) is 22.1. The molecule has 0 fully saturated rings. The van der Waals surface area contributed by atoms with Crippen molar-refractivity contribution in [3.8, 4) is 78.9 Å². The van der Waals surface area contributed by atoms with E-state index in [1.165, 1.54) is 0 Å². The minimum Gasteiger partial charge on any atom is -0.515 e. The molecule has 0 aliphatic rings. The third-order valence-electron chi connectivity index (χ3n) is 10.6. The van der Waals surface area contributed by atoms with Crippen molar-refractivity contribution in [1.82, 2.24) is 24.9 Å². The number of benzene rings is 6. The third kappa shape index (κ3) is 11.3. The molecule has 0 N–H and O–H groups in total. The van der Waals surface area contributed by atoms with Gasteiger partial charge in [-0.25, -0.2) is 17.7 Å². The van der Waals surface area contributed by atoms with Gasteiger partial charge in [-0.05, 0) is 93.4 Å². The molecule has 0 unspecified atom stereocenters. The van der Waals surface area contributed by atoms with Gasteiger partial charge in [-0.2, -0.15) is 0 Å². The first-order chi connectivity index (χ1) is 32.2. The van der Waals surface area contributed by atoms with Crippen LogP contribution in [0.2, 0.25) is 0 Å². The molecule has 322 valence electrons. The second-order valence-electron chi connectivity index (χ2n) is 15.0. The minimum absolute atomic E-state index is 0. The number of hydrogen-bond donors (Lipinski definition) is 0. The molecular formula is C59H36IrN5OPt. The van der Waals surface area contributed by atoms with Gasteiger partial charge in [0.2, 0.25) is 0 Å². The average Bonchev–Trinajstić information content (AvgIpc) is 3.39. The predicted molar refractivity (Wildman–Crippen MR) is 259 cm³/mol. The monoisotopic (exact) mass is 1220 g/mol. The first-order valence-corrected chi connectivity index (χ1v) is 21.0. The van der Waals surface area contributed by atoms with Gasteiger partial charge in [-0.3, -0.25) is 6.07 Å². The molecule has 0 aliphatic carbocycles. The van der Waals surface area contributed by atoms with Crippen LogP contribution >= 0.6 is 0 Å². The Morgan fingerprint density at radius 2 is 0.940 bits per heavy atom. The molecule has 67 heavy (non-hydrogen) atoms. The van der Waals surface area contributed by atoms with Crippen LogP contribution < -0.4 is 4.74 Å². The van der Waals surface area contributed by atoms with Gasteiger partial charge < -0.3 is 29.7 Å². The fraction of sp³-hybridized carbons (Fsp3) is 0. The number of aromatic nitrogens is 5. The van der Waals surface area contributed by atoms with E-state index in [9.17, 15) is 0 Å². The van der Waals surface area contributed by atoms with E-state index in [1.807, 2.05) is 97.1 Å². The normalized spacial score (nSPS) is 10.9. The molecule has 4 heterocycles. The summed E-state index contributed by atoms with van der Waals surface area (Å²) in [6.07, 6.45) is 17.3. The summed E-state index contributed by atoms with van der Waals surface area (Å²) in [5, 5.41) is 0. The molecular weight excluding hydrogens is 1180 g/mol. The zero-order valence-corrected chi connectivity index (χ0v) is 40.2. The number of hydrogen-bond acceptors (Lipinski definition) is 6. The molecule has 6 nitrogen and oxygen atoms in total. The summed E-state index contributed by atoms with van der Waals surface area (Å²) in [5.41, 5.74) is 13.7. The maximum Gasteiger partial charge on any atom is 3.00 e.